The summed E-state index contributed by atoms with van der Waals surface area (Å²) >= 11 is 6.10. The minimum Gasteiger partial charge on any atom is -0.481 e. The zero-order chi connectivity index (χ0) is 9.19. The minimum atomic E-state index is -0.864. The van der Waals surface area contributed by atoms with Crippen molar-refractivity contribution in [1.29, 1.82) is 0 Å². The Hall–Kier alpha value is -0.760. The molecule has 0 aromatic carbocycles. The smallest absolute Gasteiger partial charge is 0.305 e. The molecule has 0 fully saturated rings. The molecule has 0 spiro atoms. The summed E-state index contributed by atoms with van der Waals surface area (Å²) in [5.74, 6) is -0.794. The number of halogens is 1. The fourth-order valence-electron chi connectivity index (χ4n) is 1.21. The summed E-state index contributed by atoms with van der Waals surface area (Å²) in [7, 11) is 0. The van der Waals surface area contributed by atoms with Crippen LogP contribution in [-0.2, 0) is 4.79 Å². The Kier molecular flexibility index (Phi) is 2.58. The standard InChI is InChI=1S/C9H11ClO2/c1-7-4-2-3-5-9(7,10)6-8(11)12/h2-5,7H,6H2,1H3,(H,11,12). The molecule has 1 rings (SSSR count). The third-order valence-corrected chi connectivity index (χ3v) is 2.67. The van der Waals surface area contributed by atoms with Crippen molar-refractivity contribution in [3.8, 4) is 0 Å². The van der Waals surface area contributed by atoms with Gasteiger partial charge in [-0.2, -0.15) is 0 Å². The quantitative estimate of drug-likeness (QED) is 0.672. The molecule has 0 aromatic rings. The summed E-state index contributed by atoms with van der Waals surface area (Å²) in [5.41, 5.74) is 0. The number of allylic oxidation sites excluding steroid dienone is 4. The first-order chi connectivity index (χ1) is 5.54. The molecule has 0 radical (unpaired) electrons. The van der Waals surface area contributed by atoms with Crippen LogP contribution in [0.25, 0.3) is 0 Å². The van der Waals surface area contributed by atoms with Crippen LogP contribution < -0.4 is 0 Å². The Balaban J connectivity index is 2.76. The number of rotatable bonds is 2. The van der Waals surface area contributed by atoms with Crippen LogP contribution in [0, 0.1) is 5.92 Å². The zero-order valence-electron chi connectivity index (χ0n) is 6.83. The van der Waals surface area contributed by atoms with E-state index in [0.29, 0.717) is 0 Å². The van der Waals surface area contributed by atoms with E-state index in [2.05, 4.69) is 0 Å². The van der Waals surface area contributed by atoms with Gasteiger partial charge in [-0.05, 0) is 5.92 Å². The van der Waals surface area contributed by atoms with Gasteiger partial charge < -0.3 is 5.11 Å². The molecule has 0 saturated heterocycles. The van der Waals surface area contributed by atoms with Gasteiger partial charge in [0.25, 0.3) is 0 Å². The van der Waals surface area contributed by atoms with Crippen LogP contribution in [0.1, 0.15) is 13.3 Å². The molecule has 0 amide bonds. The molecule has 1 N–H and O–H groups in total. The zero-order valence-corrected chi connectivity index (χ0v) is 7.58. The van der Waals surface area contributed by atoms with E-state index in [1.54, 1.807) is 12.2 Å². The number of carboxylic acid groups (broad SMARTS) is 1. The average Bonchev–Trinajstić information content (AvgIpc) is 1.94. The van der Waals surface area contributed by atoms with Gasteiger partial charge >= 0.3 is 5.97 Å². The van der Waals surface area contributed by atoms with Crippen molar-refractivity contribution in [3.05, 3.63) is 24.3 Å². The molecule has 0 heterocycles. The van der Waals surface area contributed by atoms with Crippen molar-refractivity contribution in [2.24, 2.45) is 5.92 Å². The normalized spacial score (nSPS) is 33.7. The molecular formula is C9H11ClO2. The van der Waals surface area contributed by atoms with Crippen LogP contribution in [0.2, 0.25) is 0 Å². The van der Waals surface area contributed by atoms with Gasteiger partial charge in [-0.3, -0.25) is 4.79 Å². The fourth-order valence-corrected chi connectivity index (χ4v) is 1.47. The highest BCUT2D eigenvalue weighted by Gasteiger charge is 2.33. The summed E-state index contributed by atoms with van der Waals surface area (Å²) in [6.45, 7) is 1.91. The van der Waals surface area contributed by atoms with E-state index < -0.39 is 10.8 Å². The highest BCUT2D eigenvalue weighted by Crippen LogP contribution is 2.34. The molecule has 2 atom stereocenters. The first-order valence-electron chi connectivity index (χ1n) is 3.81. The molecule has 0 bridgehead atoms. The Morgan fingerprint density at radius 3 is 2.83 bits per heavy atom. The highest BCUT2D eigenvalue weighted by molar-refractivity contribution is 6.26. The third kappa shape index (κ3) is 1.89. The van der Waals surface area contributed by atoms with Crippen LogP contribution in [-0.4, -0.2) is 16.0 Å². The second-order valence-corrected chi connectivity index (χ2v) is 3.73. The summed E-state index contributed by atoms with van der Waals surface area (Å²) in [6.07, 6.45) is 7.29. The van der Waals surface area contributed by atoms with Crippen LogP contribution in [0.15, 0.2) is 24.3 Å². The van der Waals surface area contributed by atoms with Gasteiger partial charge in [0.2, 0.25) is 0 Å². The van der Waals surface area contributed by atoms with Crippen molar-refractivity contribution in [3.63, 3.8) is 0 Å². The van der Waals surface area contributed by atoms with Crippen molar-refractivity contribution >= 4 is 17.6 Å². The molecular weight excluding hydrogens is 176 g/mol. The Morgan fingerprint density at radius 1 is 1.67 bits per heavy atom. The number of aliphatic carboxylic acids is 1. The second kappa shape index (κ2) is 3.31. The minimum absolute atomic E-state index is 0.0312. The van der Waals surface area contributed by atoms with Gasteiger partial charge in [0.15, 0.2) is 0 Å². The molecule has 66 valence electrons. The molecule has 0 aliphatic heterocycles. The predicted octanol–water partition coefficient (Wildman–Crippen LogP) is 2.20. The lowest BCUT2D eigenvalue weighted by atomic mass is 9.86. The van der Waals surface area contributed by atoms with Crippen LogP contribution >= 0.6 is 11.6 Å². The maximum Gasteiger partial charge on any atom is 0.305 e. The largest absolute Gasteiger partial charge is 0.481 e. The number of alkyl halides is 1. The lowest BCUT2D eigenvalue weighted by molar-refractivity contribution is -0.137. The molecule has 12 heavy (non-hydrogen) atoms. The SMILES string of the molecule is CC1C=CC=CC1(Cl)CC(=O)O. The number of hydrogen-bond donors (Lipinski definition) is 1. The van der Waals surface area contributed by atoms with Crippen LogP contribution in [0.5, 0.6) is 0 Å². The lowest BCUT2D eigenvalue weighted by Crippen LogP contribution is -2.30. The third-order valence-electron chi connectivity index (χ3n) is 2.06. The van der Waals surface area contributed by atoms with Gasteiger partial charge in [0, 0.05) is 0 Å². The van der Waals surface area contributed by atoms with Gasteiger partial charge in [-0.15, -0.1) is 11.6 Å². The lowest BCUT2D eigenvalue weighted by Gasteiger charge is -2.28. The molecule has 1 aliphatic carbocycles. The molecule has 3 heteroatoms. The summed E-state index contributed by atoms with van der Waals surface area (Å²) in [5, 5.41) is 8.61. The van der Waals surface area contributed by atoms with E-state index in [-0.39, 0.29) is 12.3 Å². The van der Waals surface area contributed by atoms with Crippen molar-refractivity contribution in [2.75, 3.05) is 0 Å². The van der Waals surface area contributed by atoms with Gasteiger partial charge in [-0.25, -0.2) is 0 Å². The first kappa shape index (κ1) is 9.33. The number of carboxylic acids is 1. The maximum atomic E-state index is 10.5. The Labute approximate surface area is 76.5 Å². The van der Waals surface area contributed by atoms with Crippen LogP contribution in [0.4, 0.5) is 0 Å². The van der Waals surface area contributed by atoms with Crippen molar-refractivity contribution in [1.82, 2.24) is 0 Å². The monoisotopic (exact) mass is 186 g/mol. The Morgan fingerprint density at radius 2 is 2.33 bits per heavy atom. The number of hydrogen-bond acceptors (Lipinski definition) is 1. The molecule has 0 saturated carbocycles. The van der Waals surface area contributed by atoms with Crippen molar-refractivity contribution < 1.29 is 9.90 Å². The van der Waals surface area contributed by atoms with Gasteiger partial charge in [0.05, 0.1) is 11.3 Å². The molecule has 1 aliphatic rings. The van der Waals surface area contributed by atoms with E-state index in [1.807, 2.05) is 19.1 Å². The molecule has 2 nitrogen and oxygen atoms in total. The first-order valence-corrected chi connectivity index (χ1v) is 4.19. The van der Waals surface area contributed by atoms with E-state index in [0.717, 1.165) is 0 Å². The Bertz CT molecular complexity index is 245. The van der Waals surface area contributed by atoms with E-state index >= 15 is 0 Å². The summed E-state index contributed by atoms with van der Waals surface area (Å²) in [6, 6.07) is 0. The van der Waals surface area contributed by atoms with Gasteiger partial charge in [0.1, 0.15) is 0 Å². The summed E-state index contributed by atoms with van der Waals surface area (Å²) in [4.78, 5) is 9.74. The van der Waals surface area contributed by atoms with Crippen molar-refractivity contribution in [2.45, 2.75) is 18.2 Å². The molecule has 2 unspecified atom stereocenters. The van der Waals surface area contributed by atoms with Gasteiger partial charge in [-0.1, -0.05) is 31.2 Å². The van der Waals surface area contributed by atoms with E-state index in [1.165, 1.54) is 0 Å². The van der Waals surface area contributed by atoms with E-state index in [4.69, 9.17) is 16.7 Å². The maximum absolute atomic E-state index is 10.5. The predicted molar refractivity (Wildman–Crippen MR) is 48.3 cm³/mol. The molecule has 0 aromatic heterocycles. The number of carbonyl (C=O) groups is 1. The summed E-state index contributed by atoms with van der Waals surface area (Å²) < 4.78 is 0. The highest BCUT2D eigenvalue weighted by atomic mass is 35.5. The second-order valence-electron chi connectivity index (χ2n) is 3.03. The van der Waals surface area contributed by atoms with E-state index in [9.17, 15) is 4.79 Å². The topological polar surface area (TPSA) is 37.3 Å². The average molecular weight is 187 g/mol. The van der Waals surface area contributed by atoms with Crippen LogP contribution in [0.3, 0.4) is 0 Å². The fraction of sp³-hybridized carbons (Fsp3) is 0.444.